The smallest absolute Gasteiger partial charge is 0.151 e. The first-order valence-corrected chi connectivity index (χ1v) is 6.21. The highest BCUT2D eigenvalue weighted by molar-refractivity contribution is 5.06. The summed E-state index contributed by atoms with van der Waals surface area (Å²) in [6.07, 6.45) is 2.15. The van der Waals surface area contributed by atoms with Crippen molar-refractivity contribution >= 4 is 0 Å². The molecular formula is C12H22N4. The van der Waals surface area contributed by atoms with E-state index < -0.39 is 0 Å². The third-order valence-corrected chi connectivity index (χ3v) is 3.29. The van der Waals surface area contributed by atoms with Crippen LogP contribution in [0.2, 0.25) is 0 Å². The summed E-state index contributed by atoms with van der Waals surface area (Å²) in [7, 11) is 2.01. The highest BCUT2D eigenvalue weighted by Crippen LogP contribution is 2.25. The first-order chi connectivity index (χ1) is 7.58. The van der Waals surface area contributed by atoms with Crippen molar-refractivity contribution in [1.82, 2.24) is 20.1 Å². The van der Waals surface area contributed by atoms with Crippen LogP contribution in [0.5, 0.6) is 0 Å². The van der Waals surface area contributed by atoms with Gasteiger partial charge in [-0.1, -0.05) is 13.8 Å². The summed E-state index contributed by atoms with van der Waals surface area (Å²) in [6.45, 7) is 7.73. The van der Waals surface area contributed by atoms with Crippen LogP contribution >= 0.6 is 0 Å². The van der Waals surface area contributed by atoms with Crippen molar-refractivity contribution in [1.29, 1.82) is 0 Å². The largest absolute Gasteiger partial charge is 0.314 e. The Morgan fingerprint density at radius 1 is 1.50 bits per heavy atom. The third-order valence-electron chi connectivity index (χ3n) is 3.29. The molecule has 4 heteroatoms. The summed E-state index contributed by atoms with van der Waals surface area (Å²) in [5.41, 5.74) is 0. The average Bonchev–Trinajstić information content (AvgIpc) is 2.71. The summed E-state index contributed by atoms with van der Waals surface area (Å²) >= 11 is 0. The Morgan fingerprint density at radius 2 is 2.25 bits per heavy atom. The fourth-order valence-corrected chi connectivity index (χ4v) is 2.44. The fraction of sp³-hybridized carbons (Fsp3) is 0.833. The normalized spacial score (nSPS) is 25.6. The number of aryl methyl sites for hydroxylation is 1. The maximum absolute atomic E-state index is 4.69. The van der Waals surface area contributed by atoms with Crippen LogP contribution in [-0.2, 0) is 13.5 Å². The molecule has 4 nitrogen and oxygen atoms in total. The summed E-state index contributed by atoms with van der Waals surface area (Å²) in [4.78, 5) is 4.69. The molecular weight excluding hydrogens is 200 g/mol. The van der Waals surface area contributed by atoms with Gasteiger partial charge in [-0.05, 0) is 25.8 Å². The van der Waals surface area contributed by atoms with Crippen molar-refractivity contribution in [2.45, 2.75) is 45.6 Å². The Bertz CT molecular complexity index is 356. The van der Waals surface area contributed by atoms with Gasteiger partial charge in [0.25, 0.3) is 0 Å². The Labute approximate surface area is 97.5 Å². The number of aromatic nitrogens is 3. The van der Waals surface area contributed by atoms with Crippen molar-refractivity contribution in [3.63, 3.8) is 0 Å². The van der Waals surface area contributed by atoms with Gasteiger partial charge in [0.15, 0.2) is 5.82 Å². The zero-order valence-electron chi connectivity index (χ0n) is 10.7. The minimum atomic E-state index is 0.523. The van der Waals surface area contributed by atoms with E-state index in [0.29, 0.717) is 17.9 Å². The SMILES string of the molecule is CC(C)Cc1nc(C2CCNC2C)n(C)n1. The quantitative estimate of drug-likeness (QED) is 0.842. The molecule has 1 aliphatic rings. The standard InChI is InChI=1S/C12H22N4/c1-8(2)7-11-14-12(16(4)15-11)10-5-6-13-9(10)3/h8-10,13H,5-7H2,1-4H3. The molecule has 2 unspecified atom stereocenters. The number of hydrogen-bond acceptors (Lipinski definition) is 3. The molecule has 1 saturated heterocycles. The molecule has 0 radical (unpaired) electrons. The molecule has 0 aliphatic carbocycles. The zero-order valence-corrected chi connectivity index (χ0v) is 10.7. The van der Waals surface area contributed by atoms with E-state index in [1.165, 1.54) is 6.42 Å². The van der Waals surface area contributed by atoms with Crippen molar-refractivity contribution < 1.29 is 0 Å². The van der Waals surface area contributed by atoms with Gasteiger partial charge < -0.3 is 5.32 Å². The van der Waals surface area contributed by atoms with Crippen molar-refractivity contribution in [2.75, 3.05) is 6.54 Å². The number of hydrogen-bond donors (Lipinski definition) is 1. The summed E-state index contributed by atoms with van der Waals surface area (Å²) < 4.78 is 1.96. The molecule has 2 rings (SSSR count). The average molecular weight is 222 g/mol. The van der Waals surface area contributed by atoms with Crippen LogP contribution in [0.4, 0.5) is 0 Å². The molecule has 1 aliphatic heterocycles. The van der Waals surface area contributed by atoms with Gasteiger partial charge in [0.2, 0.25) is 0 Å². The molecule has 0 saturated carbocycles. The van der Waals surface area contributed by atoms with Gasteiger partial charge in [-0.2, -0.15) is 5.10 Å². The zero-order chi connectivity index (χ0) is 11.7. The Morgan fingerprint density at radius 3 is 2.81 bits per heavy atom. The van der Waals surface area contributed by atoms with Crippen LogP contribution in [0.15, 0.2) is 0 Å². The molecule has 1 aromatic rings. The van der Waals surface area contributed by atoms with Gasteiger partial charge in [0, 0.05) is 25.4 Å². The molecule has 16 heavy (non-hydrogen) atoms. The summed E-state index contributed by atoms with van der Waals surface area (Å²) in [5.74, 6) is 3.28. The van der Waals surface area contributed by atoms with Gasteiger partial charge in [-0.25, -0.2) is 4.98 Å². The topological polar surface area (TPSA) is 42.7 Å². The van der Waals surface area contributed by atoms with Crippen molar-refractivity contribution in [2.24, 2.45) is 13.0 Å². The maximum atomic E-state index is 4.69. The van der Waals surface area contributed by atoms with E-state index in [2.05, 4.69) is 31.2 Å². The van der Waals surface area contributed by atoms with E-state index in [1.807, 2.05) is 11.7 Å². The lowest BCUT2D eigenvalue weighted by atomic mass is 10.0. The van der Waals surface area contributed by atoms with Crippen molar-refractivity contribution in [3.05, 3.63) is 11.6 Å². The molecule has 2 atom stereocenters. The van der Waals surface area contributed by atoms with E-state index in [9.17, 15) is 0 Å². The first-order valence-electron chi connectivity index (χ1n) is 6.21. The fourth-order valence-electron chi connectivity index (χ4n) is 2.44. The minimum absolute atomic E-state index is 0.523. The van der Waals surface area contributed by atoms with Gasteiger partial charge in [-0.15, -0.1) is 0 Å². The van der Waals surface area contributed by atoms with Gasteiger partial charge in [0.1, 0.15) is 5.82 Å². The minimum Gasteiger partial charge on any atom is -0.314 e. The lowest BCUT2D eigenvalue weighted by Gasteiger charge is -2.13. The molecule has 1 N–H and O–H groups in total. The van der Waals surface area contributed by atoms with Crippen LogP contribution in [0.25, 0.3) is 0 Å². The van der Waals surface area contributed by atoms with Crippen LogP contribution in [0, 0.1) is 5.92 Å². The molecule has 0 aromatic carbocycles. The van der Waals surface area contributed by atoms with Crippen LogP contribution in [0.1, 0.15) is 44.8 Å². The Hall–Kier alpha value is -0.900. The van der Waals surface area contributed by atoms with Gasteiger partial charge >= 0.3 is 0 Å². The van der Waals surface area contributed by atoms with E-state index in [0.717, 1.165) is 24.6 Å². The molecule has 1 aromatic heterocycles. The summed E-state index contributed by atoms with van der Waals surface area (Å²) in [6, 6.07) is 0.523. The van der Waals surface area contributed by atoms with Crippen LogP contribution in [0.3, 0.4) is 0 Å². The highest BCUT2D eigenvalue weighted by atomic mass is 15.3. The Kier molecular flexibility index (Phi) is 3.28. The van der Waals surface area contributed by atoms with Crippen LogP contribution in [-0.4, -0.2) is 27.4 Å². The van der Waals surface area contributed by atoms with Gasteiger partial charge in [0.05, 0.1) is 0 Å². The second-order valence-electron chi connectivity index (χ2n) is 5.25. The molecule has 90 valence electrons. The van der Waals surface area contributed by atoms with Gasteiger partial charge in [-0.3, -0.25) is 4.68 Å². The number of rotatable bonds is 3. The number of nitrogens with zero attached hydrogens (tertiary/aromatic N) is 3. The molecule has 0 bridgehead atoms. The lowest BCUT2D eigenvalue weighted by molar-refractivity contribution is 0.537. The molecule has 0 spiro atoms. The predicted molar refractivity (Wildman–Crippen MR) is 64.4 cm³/mol. The maximum Gasteiger partial charge on any atom is 0.151 e. The monoisotopic (exact) mass is 222 g/mol. The highest BCUT2D eigenvalue weighted by Gasteiger charge is 2.28. The lowest BCUT2D eigenvalue weighted by Crippen LogP contribution is -2.23. The van der Waals surface area contributed by atoms with E-state index in [1.54, 1.807) is 0 Å². The number of nitrogens with one attached hydrogen (secondary N) is 1. The van der Waals surface area contributed by atoms with E-state index in [4.69, 9.17) is 4.98 Å². The molecule has 1 fully saturated rings. The molecule has 2 heterocycles. The second kappa shape index (κ2) is 4.53. The van der Waals surface area contributed by atoms with Crippen LogP contribution < -0.4 is 5.32 Å². The van der Waals surface area contributed by atoms with E-state index in [-0.39, 0.29) is 0 Å². The third kappa shape index (κ3) is 2.26. The van der Waals surface area contributed by atoms with Crippen molar-refractivity contribution in [3.8, 4) is 0 Å². The summed E-state index contributed by atoms with van der Waals surface area (Å²) in [5, 5.41) is 7.97. The Balaban J connectivity index is 2.17. The first kappa shape index (κ1) is 11.6. The second-order valence-corrected chi connectivity index (χ2v) is 5.25. The van der Waals surface area contributed by atoms with E-state index >= 15 is 0 Å². The predicted octanol–water partition coefficient (Wildman–Crippen LogP) is 1.48. The molecule has 0 amide bonds.